The van der Waals surface area contributed by atoms with Crippen LogP contribution < -0.4 is 20.1 Å². The van der Waals surface area contributed by atoms with Gasteiger partial charge in [-0.15, -0.1) is 0 Å². The second-order valence-electron chi connectivity index (χ2n) is 5.06. The number of benzene rings is 2. The highest BCUT2D eigenvalue weighted by Gasteiger charge is 2.13. The molecule has 2 aromatic rings. The number of carbonyl (C=O) groups is 1. The van der Waals surface area contributed by atoms with Crippen LogP contribution in [0, 0.1) is 11.3 Å². The van der Waals surface area contributed by atoms with Crippen molar-refractivity contribution < 1.29 is 14.3 Å². The number of hydrogen-bond acceptors (Lipinski definition) is 5. The van der Waals surface area contributed by atoms with Crippen LogP contribution in [-0.2, 0) is 11.3 Å². The number of hydrogen-bond donors (Lipinski definition) is 2. The Morgan fingerprint density at radius 3 is 2.56 bits per heavy atom. The minimum atomic E-state index is -0.533. The highest BCUT2D eigenvalue weighted by atomic mass is 16.5. The van der Waals surface area contributed by atoms with E-state index in [9.17, 15) is 10.1 Å². The van der Waals surface area contributed by atoms with Gasteiger partial charge in [0.15, 0.2) is 0 Å². The summed E-state index contributed by atoms with van der Waals surface area (Å²) in [4.78, 5) is 12.3. The van der Waals surface area contributed by atoms with Crippen LogP contribution >= 0.6 is 0 Å². The third-order valence-corrected chi connectivity index (χ3v) is 3.42. The van der Waals surface area contributed by atoms with Crippen molar-refractivity contribution in [1.29, 1.82) is 5.26 Å². The van der Waals surface area contributed by atoms with Crippen LogP contribution in [0.1, 0.15) is 5.56 Å². The zero-order valence-electron chi connectivity index (χ0n) is 14.1. The Hall–Kier alpha value is -3.46. The van der Waals surface area contributed by atoms with Crippen molar-refractivity contribution in [2.75, 3.05) is 19.5 Å². The summed E-state index contributed by atoms with van der Waals surface area (Å²) in [6.07, 6.45) is 1.40. The highest BCUT2D eigenvalue weighted by Crippen LogP contribution is 2.29. The Kier molecular flexibility index (Phi) is 6.43. The van der Waals surface area contributed by atoms with Crippen LogP contribution in [0.3, 0.4) is 0 Å². The van der Waals surface area contributed by atoms with Crippen LogP contribution in [0.4, 0.5) is 5.69 Å². The Morgan fingerprint density at radius 1 is 1.16 bits per heavy atom. The molecule has 1 amide bonds. The largest absolute Gasteiger partial charge is 0.497 e. The number of methoxy groups -OCH3 is 2. The van der Waals surface area contributed by atoms with E-state index in [4.69, 9.17) is 9.47 Å². The van der Waals surface area contributed by atoms with Crippen LogP contribution in [0.15, 0.2) is 60.3 Å². The molecule has 0 radical (unpaired) electrons. The van der Waals surface area contributed by atoms with Gasteiger partial charge in [-0.3, -0.25) is 4.79 Å². The van der Waals surface area contributed by atoms with E-state index >= 15 is 0 Å². The number of anilines is 1. The summed E-state index contributed by atoms with van der Waals surface area (Å²) in [5.74, 6) is 0.513. The van der Waals surface area contributed by atoms with Crippen LogP contribution in [0.25, 0.3) is 0 Å². The minimum absolute atomic E-state index is 0.0409. The molecule has 0 aliphatic heterocycles. The van der Waals surface area contributed by atoms with Gasteiger partial charge >= 0.3 is 0 Å². The lowest BCUT2D eigenvalue weighted by Crippen LogP contribution is -2.17. The maximum Gasteiger partial charge on any atom is 0.267 e. The van der Waals surface area contributed by atoms with E-state index in [0.717, 1.165) is 5.56 Å². The van der Waals surface area contributed by atoms with Gasteiger partial charge in [-0.2, -0.15) is 5.26 Å². The van der Waals surface area contributed by atoms with E-state index in [0.29, 0.717) is 23.7 Å². The van der Waals surface area contributed by atoms with Crippen molar-refractivity contribution >= 4 is 11.6 Å². The average molecular weight is 337 g/mol. The van der Waals surface area contributed by atoms with E-state index in [2.05, 4.69) is 10.6 Å². The van der Waals surface area contributed by atoms with E-state index in [-0.39, 0.29) is 5.57 Å². The molecule has 6 heteroatoms. The molecular weight excluding hydrogens is 318 g/mol. The van der Waals surface area contributed by atoms with Crippen LogP contribution in [0.2, 0.25) is 0 Å². The number of ether oxygens (including phenoxy) is 2. The Labute approximate surface area is 146 Å². The van der Waals surface area contributed by atoms with Crippen molar-refractivity contribution in [3.05, 3.63) is 65.9 Å². The second kappa shape index (κ2) is 8.99. The van der Waals surface area contributed by atoms with E-state index < -0.39 is 5.91 Å². The molecule has 0 fully saturated rings. The third-order valence-electron chi connectivity index (χ3n) is 3.42. The molecule has 0 unspecified atom stereocenters. The summed E-state index contributed by atoms with van der Waals surface area (Å²) in [5.41, 5.74) is 1.43. The molecule has 0 spiro atoms. The van der Waals surface area contributed by atoms with Crippen molar-refractivity contribution in [1.82, 2.24) is 5.32 Å². The highest BCUT2D eigenvalue weighted by molar-refractivity contribution is 6.07. The van der Waals surface area contributed by atoms with E-state index in [1.54, 1.807) is 18.2 Å². The fourth-order valence-corrected chi connectivity index (χ4v) is 2.12. The predicted molar refractivity (Wildman–Crippen MR) is 95.2 cm³/mol. The molecule has 2 aromatic carbocycles. The molecule has 0 aliphatic carbocycles. The molecule has 0 atom stereocenters. The first-order valence-electron chi connectivity index (χ1n) is 7.59. The van der Waals surface area contributed by atoms with Crippen molar-refractivity contribution in [3.8, 4) is 17.6 Å². The van der Waals surface area contributed by atoms with Crippen LogP contribution in [-0.4, -0.2) is 20.1 Å². The van der Waals surface area contributed by atoms with Gasteiger partial charge in [0.1, 0.15) is 23.1 Å². The number of nitriles is 1. The summed E-state index contributed by atoms with van der Waals surface area (Å²) >= 11 is 0. The Balaban J connectivity index is 2.07. The summed E-state index contributed by atoms with van der Waals surface area (Å²) in [6.45, 7) is 0.516. The topological polar surface area (TPSA) is 83.4 Å². The molecular formula is C19H19N3O3. The molecule has 0 saturated heterocycles. The lowest BCUT2D eigenvalue weighted by atomic mass is 10.2. The summed E-state index contributed by atoms with van der Waals surface area (Å²) < 4.78 is 10.3. The first-order chi connectivity index (χ1) is 12.2. The number of rotatable bonds is 7. The van der Waals surface area contributed by atoms with Crippen molar-refractivity contribution in [3.63, 3.8) is 0 Å². The maximum absolute atomic E-state index is 12.3. The van der Waals surface area contributed by atoms with Crippen LogP contribution in [0.5, 0.6) is 11.5 Å². The molecule has 0 heterocycles. The lowest BCUT2D eigenvalue weighted by molar-refractivity contribution is -0.112. The first-order valence-corrected chi connectivity index (χ1v) is 7.59. The molecule has 128 valence electrons. The quantitative estimate of drug-likeness (QED) is 0.599. The van der Waals surface area contributed by atoms with Gasteiger partial charge in [-0.1, -0.05) is 30.3 Å². The van der Waals surface area contributed by atoms with Gasteiger partial charge in [0.2, 0.25) is 0 Å². The van der Waals surface area contributed by atoms with Crippen molar-refractivity contribution in [2.24, 2.45) is 0 Å². The first kappa shape index (κ1) is 17.9. The fourth-order valence-electron chi connectivity index (χ4n) is 2.12. The second-order valence-corrected chi connectivity index (χ2v) is 5.06. The van der Waals surface area contributed by atoms with E-state index in [1.165, 1.54) is 20.4 Å². The van der Waals surface area contributed by atoms with Gasteiger partial charge in [0.25, 0.3) is 5.91 Å². The Morgan fingerprint density at radius 2 is 1.92 bits per heavy atom. The number of carbonyl (C=O) groups excluding carboxylic acids is 1. The summed E-state index contributed by atoms with van der Waals surface area (Å²) in [7, 11) is 3.03. The Bertz CT molecular complexity index is 795. The molecule has 6 nitrogen and oxygen atoms in total. The molecule has 25 heavy (non-hydrogen) atoms. The zero-order chi connectivity index (χ0) is 18.1. The predicted octanol–water partition coefficient (Wildman–Crippen LogP) is 2.84. The fraction of sp³-hybridized carbons (Fsp3) is 0.158. The normalized spacial score (nSPS) is 10.5. The molecule has 2 N–H and O–H groups in total. The SMILES string of the molecule is COc1ccc(OC)c(NC(=O)/C(C#N)=C\NCc2ccccc2)c1. The maximum atomic E-state index is 12.3. The average Bonchev–Trinajstić information content (AvgIpc) is 2.65. The van der Waals surface area contributed by atoms with Crippen molar-refractivity contribution in [2.45, 2.75) is 6.54 Å². The lowest BCUT2D eigenvalue weighted by Gasteiger charge is -2.11. The molecule has 2 rings (SSSR count). The smallest absolute Gasteiger partial charge is 0.267 e. The third kappa shape index (κ3) is 5.01. The van der Waals surface area contributed by atoms with Gasteiger partial charge in [-0.25, -0.2) is 0 Å². The molecule has 0 bridgehead atoms. The minimum Gasteiger partial charge on any atom is -0.497 e. The number of amides is 1. The molecule has 0 aliphatic rings. The standard InChI is InChI=1S/C19H19N3O3/c1-24-16-8-9-18(25-2)17(10-16)22-19(23)15(11-20)13-21-12-14-6-4-3-5-7-14/h3-10,13,21H,12H2,1-2H3,(H,22,23)/b15-13-. The van der Waals surface area contributed by atoms with E-state index in [1.807, 2.05) is 36.4 Å². The van der Waals surface area contributed by atoms with Gasteiger partial charge in [-0.05, 0) is 17.7 Å². The zero-order valence-corrected chi connectivity index (χ0v) is 14.1. The summed E-state index contributed by atoms with van der Waals surface area (Å²) in [5, 5.41) is 14.9. The van der Waals surface area contributed by atoms with Gasteiger partial charge in [0.05, 0.1) is 19.9 Å². The molecule has 0 saturated carbocycles. The monoisotopic (exact) mass is 337 g/mol. The van der Waals surface area contributed by atoms with Gasteiger partial charge < -0.3 is 20.1 Å². The van der Waals surface area contributed by atoms with Gasteiger partial charge in [0, 0.05) is 18.8 Å². The number of nitrogens with one attached hydrogen (secondary N) is 2. The molecule has 0 aromatic heterocycles. The summed E-state index contributed by atoms with van der Waals surface area (Å²) in [6, 6.07) is 16.6. The number of nitrogens with zero attached hydrogens (tertiary/aromatic N) is 1.